The molecule has 1 heterocycles. The Hall–Kier alpha value is -3.23. The molecule has 1 aliphatic heterocycles. The molecule has 0 saturated carbocycles. The summed E-state index contributed by atoms with van der Waals surface area (Å²) in [4.78, 5) is 38.3. The molecule has 3 N–H and O–H groups in total. The summed E-state index contributed by atoms with van der Waals surface area (Å²) in [5, 5.41) is 15.9. The quantitative estimate of drug-likeness (QED) is 0.415. The molecular formula is C25H27ClFN3O4. The van der Waals surface area contributed by atoms with E-state index in [0.29, 0.717) is 42.1 Å². The zero-order valence-corrected chi connectivity index (χ0v) is 19.6. The van der Waals surface area contributed by atoms with Gasteiger partial charge in [-0.2, -0.15) is 0 Å². The maximum Gasteiger partial charge on any atom is 0.335 e. The lowest BCUT2D eigenvalue weighted by molar-refractivity contribution is -0.133. The van der Waals surface area contributed by atoms with Gasteiger partial charge >= 0.3 is 12.0 Å². The van der Waals surface area contributed by atoms with Gasteiger partial charge in [-0.15, -0.1) is 0 Å². The number of carbonyl (C=O) groups excluding carboxylic acids is 2. The molecule has 0 radical (unpaired) electrons. The maximum atomic E-state index is 13.0. The molecule has 0 aromatic heterocycles. The highest BCUT2D eigenvalue weighted by Gasteiger charge is 2.37. The second-order valence-electron chi connectivity index (χ2n) is 8.12. The summed E-state index contributed by atoms with van der Waals surface area (Å²) in [6, 6.07) is 11.7. The third-order valence-corrected chi connectivity index (χ3v) is 5.85. The van der Waals surface area contributed by atoms with Crippen molar-refractivity contribution in [1.82, 2.24) is 15.5 Å². The van der Waals surface area contributed by atoms with Gasteiger partial charge in [0.2, 0.25) is 0 Å². The molecule has 0 spiro atoms. The highest BCUT2D eigenvalue weighted by Crippen LogP contribution is 2.34. The smallest absolute Gasteiger partial charge is 0.335 e. The number of allylic oxidation sites excluding steroid dienone is 1. The molecular weight excluding hydrogens is 461 g/mol. The molecule has 0 aliphatic carbocycles. The highest BCUT2D eigenvalue weighted by atomic mass is 35.5. The molecule has 9 heteroatoms. The van der Waals surface area contributed by atoms with E-state index in [-0.39, 0.29) is 36.3 Å². The second-order valence-corrected chi connectivity index (χ2v) is 8.56. The molecule has 1 aliphatic rings. The van der Waals surface area contributed by atoms with Crippen molar-refractivity contribution >= 4 is 29.4 Å². The van der Waals surface area contributed by atoms with Crippen molar-refractivity contribution in [3.05, 3.63) is 81.8 Å². The standard InChI is InChI=1S/C25H27ClFN3O4/c1-16-22(24(32)33)23(18-4-2-5-19(26)14-18)30(25(34)29-16)13-3-12-28-15-21(31)11-8-17-6-9-20(27)10-7-17/h2,4-7,9-10,14,23,28H,3,8,11-13,15H2,1H3,(H,29,34)(H,32,33). The van der Waals surface area contributed by atoms with Crippen molar-refractivity contribution in [3.8, 4) is 0 Å². The number of amides is 2. The van der Waals surface area contributed by atoms with Crippen LogP contribution in [0.5, 0.6) is 0 Å². The number of hydrogen-bond acceptors (Lipinski definition) is 4. The first-order valence-corrected chi connectivity index (χ1v) is 11.4. The summed E-state index contributed by atoms with van der Waals surface area (Å²) in [6.07, 6.45) is 1.40. The Bertz CT molecular complexity index is 1090. The van der Waals surface area contributed by atoms with Gasteiger partial charge in [-0.1, -0.05) is 35.9 Å². The first-order chi connectivity index (χ1) is 16.3. The van der Waals surface area contributed by atoms with Crippen LogP contribution in [0.25, 0.3) is 0 Å². The third-order valence-electron chi connectivity index (χ3n) is 5.62. The zero-order chi connectivity index (χ0) is 24.7. The molecule has 7 nitrogen and oxygen atoms in total. The number of halogens is 2. The van der Waals surface area contributed by atoms with Crippen LogP contribution in [0.15, 0.2) is 59.8 Å². The van der Waals surface area contributed by atoms with Crippen LogP contribution in [0.3, 0.4) is 0 Å². The Morgan fingerprint density at radius 1 is 1.21 bits per heavy atom. The summed E-state index contributed by atoms with van der Waals surface area (Å²) in [5.41, 5.74) is 1.90. The van der Waals surface area contributed by atoms with Gasteiger partial charge < -0.3 is 20.6 Å². The number of carboxylic acids is 1. The summed E-state index contributed by atoms with van der Waals surface area (Å²) in [6.45, 7) is 2.50. The Morgan fingerprint density at radius 3 is 2.62 bits per heavy atom. The molecule has 2 aromatic carbocycles. The Morgan fingerprint density at radius 2 is 1.94 bits per heavy atom. The molecule has 2 aromatic rings. The summed E-state index contributed by atoms with van der Waals surface area (Å²) < 4.78 is 13.0. The minimum Gasteiger partial charge on any atom is -0.478 e. The van der Waals surface area contributed by atoms with Crippen LogP contribution < -0.4 is 10.6 Å². The second kappa shape index (κ2) is 11.8. The zero-order valence-electron chi connectivity index (χ0n) is 18.8. The van der Waals surface area contributed by atoms with E-state index in [1.165, 1.54) is 17.0 Å². The van der Waals surface area contributed by atoms with Gasteiger partial charge in [-0.05, 0) is 61.7 Å². The molecule has 0 bridgehead atoms. The topological polar surface area (TPSA) is 98.7 Å². The van der Waals surface area contributed by atoms with E-state index in [4.69, 9.17) is 11.6 Å². The first-order valence-electron chi connectivity index (χ1n) is 11.0. The van der Waals surface area contributed by atoms with E-state index in [0.717, 1.165) is 5.56 Å². The number of Topliss-reactive ketones (excluding diaryl/α,β-unsaturated/α-hetero) is 1. The van der Waals surface area contributed by atoms with E-state index in [9.17, 15) is 23.9 Å². The largest absolute Gasteiger partial charge is 0.478 e. The molecule has 0 fully saturated rings. The normalized spacial score (nSPS) is 15.9. The average Bonchev–Trinajstić information content (AvgIpc) is 2.79. The fraction of sp³-hybridized carbons (Fsp3) is 0.320. The maximum absolute atomic E-state index is 13.0. The van der Waals surface area contributed by atoms with Crippen LogP contribution in [-0.4, -0.2) is 47.4 Å². The highest BCUT2D eigenvalue weighted by molar-refractivity contribution is 6.30. The lowest BCUT2D eigenvalue weighted by Crippen LogP contribution is -2.49. The van der Waals surface area contributed by atoms with Gasteiger partial charge in [0.15, 0.2) is 0 Å². The number of carboxylic acid groups (broad SMARTS) is 1. The summed E-state index contributed by atoms with van der Waals surface area (Å²) in [7, 11) is 0. The molecule has 1 atom stereocenters. The minimum atomic E-state index is -1.11. The fourth-order valence-corrected chi connectivity index (χ4v) is 4.13. The molecule has 34 heavy (non-hydrogen) atoms. The number of nitrogens with zero attached hydrogens (tertiary/aromatic N) is 1. The number of benzene rings is 2. The number of hydrogen-bond donors (Lipinski definition) is 3. The van der Waals surface area contributed by atoms with Gasteiger partial charge in [0.1, 0.15) is 11.6 Å². The van der Waals surface area contributed by atoms with E-state index in [1.807, 2.05) is 0 Å². The Balaban J connectivity index is 1.55. The molecule has 0 saturated heterocycles. The minimum absolute atomic E-state index is 0.0311. The van der Waals surface area contributed by atoms with Crippen molar-refractivity contribution in [1.29, 1.82) is 0 Å². The van der Waals surface area contributed by atoms with Crippen LogP contribution in [-0.2, 0) is 16.0 Å². The van der Waals surface area contributed by atoms with Crippen molar-refractivity contribution in [3.63, 3.8) is 0 Å². The Kier molecular flexibility index (Phi) is 8.79. The van der Waals surface area contributed by atoms with Gasteiger partial charge in [0.05, 0.1) is 18.2 Å². The number of aryl methyl sites for hydroxylation is 1. The number of ketones is 1. The average molecular weight is 488 g/mol. The summed E-state index contributed by atoms with van der Waals surface area (Å²) in [5.74, 6) is -1.39. The number of carbonyl (C=O) groups is 3. The lowest BCUT2D eigenvalue weighted by atomic mass is 9.93. The van der Waals surface area contributed by atoms with Crippen LogP contribution in [0.2, 0.25) is 5.02 Å². The van der Waals surface area contributed by atoms with Gasteiger partial charge in [-0.25, -0.2) is 14.0 Å². The molecule has 2 amide bonds. The van der Waals surface area contributed by atoms with Gasteiger partial charge in [-0.3, -0.25) is 4.79 Å². The van der Waals surface area contributed by atoms with Crippen LogP contribution in [0, 0.1) is 5.82 Å². The number of urea groups is 1. The predicted octanol–water partition coefficient (Wildman–Crippen LogP) is 4.09. The van der Waals surface area contributed by atoms with Crippen molar-refractivity contribution in [2.75, 3.05) is 19.6 Å². The number of aliphatic carboxylic acids is 1. The number of nitrogens with one attached hydrogen (secondary N) is 2. The monoisotopic (exact) mass is 487 g/mol. The molecule has 1 unspecified atom stereocenters. The van der Waals surface area contributed by atoms with Gasteiger partial charge in [0.25, 0.3) is 0 Å². The van der Waals surface area contributed by atoms with E-state index in [2.05, 4.69) is 10.6 Å². The van der Waals surface area contributed by atoms with Crippen molar-refractivity contribution < 1.29 is 23.9 Å². The van der Waals surface area contributed by atoms with Crippen molar-refractivity contribution in [2.24, 2.45) is 0 Å². The SMILES string of the molecule is CC1=C(C(=O)O)C(c2cccc(Cl)c2)N(CCCNCC(=O)CCc2ccc(F)cc2)C(=O)N1. The molecule has 180 valence electrons. The van der Waals surface area contributed by atoms with E-state index in [1.54, 1.807) is 43.3 Å². The number of rotatable bonds is 11. The Labute approximate surface area is 202 Å². The predicted molar refractivity (Wildman–Crippen MR) is 127 cm³/mol. The summed E-state index contributed by atoms with van der Waals surface area (Å²) >= 11 is 6.12. The van der Waals surface area contributed by atoms with Crippen molar-refractivity contribution in [2.45, 2.75) is 32.2 Å². The molecule has 3 rings (SSSR count). The third kappa shape index (κ3) is 6.65. The first kappa shape index (κ1) is 25.4. The fourth-order valence-electron chi connectivity index (χ4n) is 3.93. The van der Waals surface area contributed by atoms with E-state index >= 15 is 0 Å². The van der Waals surface area contributed by atoms with Crippen LogP contribution in [0.4, 0.5) is 9.18 Å². The van der Waals surface area contributed by atoms with Gasteiger partial charge in [0, 0.05) is 23.7 Å². The lowest BCUT2D eigenvalue weighted by Gasteiger charge is -2.37. The van der Waals surface area contributed by atoms with Crippen LogP contribution in [0.1, 0.15) is 36.9 Å². The van der Waals surface area contributed by atoms with Crippen LogP contribution >= 0.6 is 11.6 Å². The van der Waals surface area contributed by atoms with E-state index < -0.39 is 12.0 Å².